The highest BCUT2D eigenvalue weighted by molar-refractivity contribution is 9.10. The van der Waals surface area contributed by atoms with Crippen molar-refractivity contribution in [1.29, 1.82) is 0 Å². The van der Waals surface area contributed by atoms with Crippen molar-refractivity contribution in [2.45, 2.75) is 39.5 Å². The van der Waals surface area contributed by atoms with Gasteiger partial charge >= 0.3 is 0 Å². The molecule has 0 unspecified atom stereocenters. The van der Waals surface area contributed by atoms with Crippen molar-refractivity contribution in [2.24, 2.45) is 0 Å². The fraction of sp³-hybridized carbons (Fsp3) is 0.700. The number of rotatable bonds is 5. The minimum atomic E-state index is 0.953. The molecule has 0 amide bonds. The molecule has 0 saturated carbocycles. The smallest absolute Gasteiger partial charge is 0.0739 e. The second-order valence-corrected chi connectivity index (χ2v) is 5.11. The average molecular weight is 277 g/mol. The lowest BCUT2D eigenvalue weighted by atomic mass is 10.4. The molecule has 1 heterocycles. The van der Waals surface area contributed by atoms with Crippen molar-refractivity contribution in [3.8, 4) is 0 Å². The second kappa shape index (κ2) is 5.81. The molecule has 0 bridgehead atoms. The van der Waals surface area contributed by atoms with E-state index in [-0.39, 0.29) is 0 Å². The summed E-state index contributed by atoms with van der Waals surface area (Å²) in [5, 5.41) is 4.46. The number of thioether (sulfide) groups is 1. The molecule has 0 fully saturated rings. The lowest BCUT2D eigenvalue weighted by Gasteiger charge is -2.04. The van der Waals surface area contributed by atoms with Gasteiger partial charge in [-0.3, -0.25) is 4.68 Å². The minimum absolute atomic E-state index is 0.953. The molecule has 0 atom stereocenters. The second-order valence-electron chi connectivity index (χ2n) is 3.21. The van der Waals surface area contributed by atoms with E-state index in [0.717, 1.165) is 18.0 Å². The molecule has 0 saturated heterocycles. The van der Waals surface area contributed by atoms with Gasteiger partial charge in [0.05, 0.1) is 15.9 Å². The molecule has 0 aliphatic heterocycles. The maximum Gasteiger partial charge on any atom is 0.0739 e. The van der Waals surface area contributed by atoms with Crippen molar-refractivity contribution >= 4 is 27.7 Å². The third kappa shape index (κ3) is 2.76. The Bertz CT molecular complexity index is 297. The first kappa shape index (κ1) is 12.1. The number of hydrogen-bond acceptors (Lipinski definition) is 2. The Labute approximate surface area is 98.6 Å². The molecule has 14 heavy (non-hydrogen) atoms. The topological polar surface area (TPSA) is 17.8 Å². The highest BCUT2D eigenvalue weighted by atomic mass is 79.9. The fourth-order valence-corrected chi connectivity index (χ4v) is 2.85. The van der Waals surface area contributed by atoms with Gasteiger partial charge in [0.2, 0.25) is 0 Å². The zero-order valence-corrected chi connectivity index (χ0v) is 11.4. The molecule has 80 valence electrons. The summed E-state index contributed by atoms with van der Waals surface area (Å²) in [6.07, 6.45) is 1.24. The van der Waals surface area contributed by atoms with E-state index in [2.05, 4.69) is 39.6 Å². The summed E-state index contributed by atoms with van der Waals surface area (Å²) >= 11 is 5.57. The number of halogens is 1. The molecule has 0 aliphatic carbocycles. The van der Waals surface area contributed by atoms with Crippen LogP contribution in [-0.2, 0) is 12.3 Å². The molecular weight excluding hydrogens is 260 g/mol. The molecule has 0 aromatic carbocycles. The van der Waals surface area contributed by atoms with Gasteiger partial charge < -0.3 is 0 Å². The quantitative estimate of drug-likeness (QED) is 0.765. The number of aromatic nitrogens is 2. The monoisotopic (exact) mass is 276 g/mol. The fourth-order valence-electron chi connectivity index (χ4n) is 1.32. The number of nitrogens with zero attached hydrogens (tertiary/aromatic N) is 2. The first-order valence-electron chi connectivity index (χ1n) is 5.00. The van der Waals surface area contributed by atoms with E-state index in [0.29, 0.717) is 0 Å². The van der Waals surface area contributed by atoms with Gasteiger partial charge in [0, 0.05) is 12.3 Å². The van der Waals surface area contributed by atoms with E-state index in [1.807, 2.05) is 18.7 Å². The maximum absolute atomic E-state index is 4.46. The minimum Gasteiger partial charge on any atom is -0.268 e. The van der Waals surface area contributed by atoms with E-state index >= 15 is 0 Å². The van der Waals surface area contributed by atoms with Gasteiger partial charge in [-0.05, 0) is 42.0 Å². The Morgan fingerprint density at radius 2 is 2.14 bits per heavy atom. The van der Waals surface area contributed by atoms with E-state index in [9.17, 15) is 0 Å². The number of aryl methyl sites for hydroxylation is 2. The summed E-state index contributed by atoms with van der Waals surface area (Å²) in [6.45, 7) is 7.34. The van der Waals surface area contributed by atoms with Crippen LogP contribution in [-0.4, -0.2) is 15.5 Å². The maximum atomic E-state index is 4.46. The van der Waals surface area contributed by atoms with Crippen LogP contribution in [0.3, 0.4) is 0 Å². The van der Waals surface area contributed by atoms with Crippen LogP contribution in [0.5, 0.6) is 0 Å². The first-order chi connectivity index (χ1) is 6.70. The average Bonchev–Trinajstić information content (AvgIpc) is 2.45. The van der Waals surface area contributed by atoms with Gasteiger partial charge in [-0.15, -0.1) is 0 Å². The van der Waals surface area contributed by atoms with Gasteiger partial charge in [-0.25, -0.2) is 0 Å². The van der Waals surface area contributed by atoms with E-state index in [1.54, 1.807) is 0 Å². The highest BCUT2D eigenvalue weighted by Crippen LogP contribution is 2.25. The van der Waals surface area contributed by atoms with Crippen molar-refractivity contribution in [1.82, 2.24) is 9.78 Å². The summed E-state index contributed by atoms with van der Waals surface area (Å²) in [7, 11) is 0. The lowest BCUT2D eigenvalue weighted by molar-refractivity contribution is 0.631. The molecule has 1 rings (SSSR count). The largest absolute Gasteiger partial charge is 0.268 e. The Morgan fingerprint density at radius 3 is 2.71 bits per heavy atom. The lowest BCUT2D eigenvalue weighted by Crippen LogP contribution is -2.01. The van der Waals surface area contributed by atoms with Gasteiger partial charge in [0.15, 0.2) is 0 Å². The predicted molar refractivity (Wildman–Crippen MR) is 66.8 cm³/mol. The molecule has 0 N–H and O–H groups in total. The standard InChI is InChI=1S/C10H17BrN2S/c1-4-6-14-7-9-10(11)8(3)12-13(9)5-2/h4-7H2,1-3H3. The normalized spacial score (nSPS) is 10.9. The van der Waals surface area contributed by atoms with Gasteiger partial charge in [0.25, 0.3) is 0 Å². The molecule has 1 aromatic rings. The first-order valence-corrected chi connectivity index (χ1v) is 6.95. The van der Waals surface area contributed by atoms with Crippen molar-refractivity contribution in [3.63, 3.8) is 0 Å². The van der Waals surface area contributed by atoms with Crippen molar-refractivity contribution < 1.29 is 0 Å². The number of hydrogen-bond donors (Lipinski definition) is 0. The summed E-state index contributed by atoms with van der Waals surface area (Å²) < 4.78 is 3.27. The zero-order valence-electron chi connectivity index (χ0n) is 9.01. The van der Waals surface area contributed by atoms with Crippen LogP contribution in [0.4, 0.5) is 0 Å². The molecular formula is C10H17BrN2S. The molecule has 0 spiro atoms. The predicted octanol–water partition coefficient (Wildman–Crippen LogP) is 3.62. The van der Waals surface area contributed by atoms with Gasteiger partial charge in [-0.1, -0.05) is 6.92 Å². The molecule has 4 heteroatoms. The van der Waals surface area contributed by atoms with Crippen LogP contribution >= 0.6 is 27.7 Å². The van der Waals surface area contributed by atoms with E-state index < -0.39 is 0 Å². The van der Waals surface area contributed by atoms with Crippen LogP contribution in [0, 0.1) is 6.92 Å². The van der Waals surface area contributed by atoms with Crippen LogP contribution in [0.25, 0.3) is 0 Å². The van der Waals surface area contributed by atoms with Crippen LogP contribution in [0.15, 0.2) is 4.47 Å². The van der Waals surface area contributed by atoms with Crippen LogP contribution < -0.4 is 0 Å². The summed E-state index contributed by atoms with van der Waals surface area (Å²) in [5.41, 5.74) is 2.42. The van der Waals surface area contributed by atoms with E-state index in [4.69, 9.17) is 0 Å². The van der Waals surface area contributed by atoms with Gasteiger partial charge in [0.1, 0.15) is 0 Å². The third-order valence-corrected chi connectivity index (χ3v) is 4.25. The Morgan fingerprint density at radius 1 is 1.43 bits per heavy atom. The Balaban J connectivity index is 2.72. The zero-order chi connectivity index (χ0) is 10.6. The summed E-state index contributed by atoms with van der Waals surface area (Å²) in [4.78, 5) is 0. The van der Waals surface area contributed by atoms with Gasteiger partial charge in [-0.2, -0.15) is 16.9 Å². The van der Waals surface area contributed by atoms with Crippen LogP contribution in [0.2, 0.25) is 0 Å². The third-order valence-electron chi connectivity index (χ3n) is 2.04. The SMILES string of the molecule is CCCSCc1c(Br)c(C)nn1CC. The highest BCUT2D eigenvalue weighted by Gasteiger charge is 2.11. The molecule has 0 aliphatic rings. The summed E-state index contributed by atoms with van der Waals surface area (Å²) in [6, 6.07) is 0. The van der Waals surface area contributed by atoms with Crippen molar-refractivity contribution in [3.05, 3.63) is 15.9 Å². The van der Waals surface area contributed by atoms with Crippen molar-refractivity contribution in [2.75, 3.05) is 5.75 Å². The molecule has 2 nitrogen and oxygen atoms in total. The Hall–Kier alpha value is 0.0400. The molecule has 1 aromatic heterocycles. The van der Waals surface area contributed by atoms with Crippen LogP contribution in [0.1, 0.15) is 31.7 Å². The Kier molecular flexibility index (Phi) is 5.02. The van der Waals surface area contributed by atoms with E-state index in [1.165, 1.54) is 22.3 Å². The molecule has 0 radical (unpaired) electrons. The summed E-state index contributed by atoms with van der Waals surface area (Å²) in [5.74, 6) is 2.28.